The summed E-state index contributed by atoms with van der Waals surface area (Å²) in [4.78, 5) is 11.7. The summed E-state index contributed by atoms with van der Waals surface area (Å²) >= 11 is 6.00. The molecule has 2 N–H and O–H groups in total. The molecule has 0 aliphatic heterocycles. The lowest BCUT2D eigenvalue weighted by Crippen LogP contribution is -2.23. The first kappa shape index (κ1) is 16.0. The highest BCUT2D eigenvalue weighted by Crippen LogP contribution is 2.22. The van der Waals surface area contributed by atoms with E-state index in [2.05, 4.69) is 10.6 Å². The van der Waals surface area contributed by atoms with Gasteiger partial charge in [0.25, 0.3) is 0 Å². The van der Waals surface area contributed by atoms with Crippen LogP contribution in [0, 0.1) is 6.92 Å². The van der Waals surface area contributed by atoms with E-state index in [0.29, 0.717) is 18.0 Å². The van der Waals surface area contributed by atoms with Crippen LogP contribution in [0.2, 0.25) is 5.02 Å². The fourth-order valence-electron chi connectivity index (χ4n) is 1.62. The van der Waals surface area contributed by atoms with Crippen LogP contribution in [-0.2, 0) is 9.53 Å². The second kappa shape index (κ2) is 8.91. The maximum absolute atomic E-state index is 11.7. The van der Waals surface area contributed by atoms with Gasteiger partial charge in [0.05, 0.1) is 0 Å². The molecule has 106 valence electrons. The number of ether oxygens (including phenoxy) is 1. The van der Waals surface area contributed by atoms with E-state index in [9.17, 15) is 4.79 Å². The third kappa shape index (κ3) is 6.05. The molecule has 1 aromatic rings. The van der Waals surface area contributed by atoms with Gasteiger partial charge in [-0.2, -0.15) is 0 Å². The predicted octanol–water partition coefficient (Wildman–Crippen LogP) is 2.60. The summed E-state index contributed by atoms with van der Waals surface area (Å²) in [6.45, 7) is 4.15. The molecule has 0 heterocycles. The highest BCUT2D eigenvalue weighted by atomic mass is 35.5. The largest absolute Gasteiger partial charge is 0.385 e. The van der Waals surface area contributed by atoms with Crippen LogP contribution in [0.1, 0.15) is 18.4 Å². The molecule has 1 rings (SSSR count). The van der Waals surface area contributed by atoms with Crippen molar-refractivity contribution in [2.45, 2.75) is 19.8 Å². The third-order valence-corrected chi connectivity index (χ3v) is 3.18. The molecule has 0 unspecified atom stereocenters. The quantitative estimate of drug-likeness (QED) is 0.722. The minimum absolute atomic E-state index is 0.00962. The molecule has 1 amide bonds. The van der Waals surface area contributed by atoms with Crippen molar-refractivity contribution in [3.05, 3.63) is 28.8 Å². The SMILES string of the molecule is COCCCNCCC(=O)Nc1cccc(Cl)c1C. The Morgan fingerprint density at radius 1 is 1.37 bits per heavy atom. The van der Waals surface area contributed by atoms with Crippen molar-refractivity contribution in [2.75, 3.05) is 32.1 Å². The van der Waals surface area contributed by atoms with E-state index in [1.54, 1.807) is 7.11 Å². The van der Waals surface area contributed by atoms with Crippen LogP contribution in [0.4, 0.5) is 5.69 Å². The van der Waals surface area contributed by atoms with Gasteiger partial charge in [0.1, 0.15) is 0 Å². The highest BCUT2D eigenvalue weighted by Gasteiger charge is 2.06. The van der Waals surface area contributed by atoms with Gasteiger partial charge in [-0.1, -0.05) is 17.7 Å². The Kier molecular flexibility index (Phi) is 7.48. The van der Waals surface area contributed by atoms with Crippen LogP contribution in [0.15, 0.2) is 18.2 Å². The third-order valence-electron chi connectivity index (χ3n) is 2.77. The molecule has 0 atom stereocenters. The zero-order chi connectivity index (χ0) is 14.1. The molecule has 0 bridgehead atoms. The molecular formula is C14H21ClN2O2. The number of hydrogen-bond acceptors (Lipinski definition) is 3. The number of nitrogens with one attached hydrogen (secondary N) is 2. The van der Waals surface area contributed by atoms with Gasteiger partial charge in [-0.3, -0.25) is 4.79 Å². The first-order chi connectivity index (χ1) is 9.15. The van der Waals surface area contributed by atoms with Gasteiger partial charge in [0, 0.05) is 37.4 Å². The van der Waals surface area contributed by atoms with Crippen LogP contribution < -0.4 is 10.6 Å². The monoisotopic (exact) mass is 284 g/mol. The van der Waals surface area contributed by atoms with Gasteiger partial charge in [-0.25, -0.2) is 0 Å². The first-order valence-corrected chi connectivity index (χ1v) is 6.77. The summed E-state index contributed by atoms with van der Waals surface area (Å²) < 4.78 is 4.94. The van der Waals surface area contributed by atoms with Gasteiger partial charge in [0.2, 0.25) is 5.91 Å². The fraction of sp³-hybridized carbons (Fsp3) is 0.500. The van der Waals surface area contributed by atoms with Gasteiger partial charge in [-0.15, -0.1) is 0 Å². The van der Waals surface area contributed by atoms with Crippen LogP contribution in [0.5, 0.6) is 0 Å². The molecule has 0 radical (unpaired) electrons. The number of rotatable bonds is 8. The molecule has 0 saturated heterocycles. The van der Waals surface area contributed by atoms with Crippen LogP contribution in [-0.4, -0.2) is 32.7 Å². The summed E-state index contributed by atoms with van der Waals surface area (Å²) in [6, 6.07) is 5.49. The molecular weight excluding hydrogens is 264 g/mol. The van der Waals surface area contributed by atoms with Gasteiger partial charge < -0.3 is 15.4 Å². The Hall–Kier alpha value is -1.10. The van der Waals surface area contributed by atoms with Crippen LogP contribution in [0.25, 0.3) is 0 Å². The van der Waals surface area contributed by atoms with E-state index in [1.807, 2.05) is 25.1 Å². The smallest absolute Gasteiger partial charge is 0.225 e. The average Bonchev–Trinajstić information content (AvgIpc) is 2.39. The second-order valence-corrected chi connectivity index (χ2v) is 4.71. The van der Waals surface area contributed by atoms with E-state index in [0.717, 1.165) is 30.8 Å². The number of benzene rings is 1. The van der Waals surface area contributed by atoms with Crippen molar-refractivity contribution < 1.29 is 9.53 Å². The number of hydrogen-bond donors (Lipinski definition) is 2. The molecule has 0 spiro atoms. The molecule has 5 heteroatoms. The molecule has 0 saturated carbocycles. The van der Waals surface area contributed by atoms with Crippen molar-refractivity contribution >= 4 is 23.2 Å². The van der Waals surface area contributed by atoms with Crippen LogP contribution in [0.3, 0.4) is 0 Å². The summed E-state index contributed by atoms with van der Waals surface area (Å²) in [5.74, 6) is -0.00962. The molecule has 4 nitrogen and oxygen atoms in total. The van der Waals surface area contributed by atoms with E-state index >= 15 is 0 Å². The number of methoxy groups -OCH3 is 1. The standard InChI is InChI=1S/C14H21ClN2O2/c1-11-12(15)5-3-6-13(11)17-14(18)7-9-16-8-4-10-19-2/h3,5-6,16H,4,7-10H2,1-2H3,(H,17,18). The zero-order valence-electron chi connectivity index (χ0n) is 11.5. The average molecular weight is 285 g/mol. The van der Waals surface area contributed by atoms with E-state index in [-0.39, 0.29) is 5.91 Å². The summed E-state index contributed by atoms with van der Waals surface area (Å²) in [5.41, 5.74) is 1.67. The Bertz CT molecular complexity index is 410. The molecule has 0 aliphatic rings. The Labute approximate surface area is 119 Å². The lowest BCUT2D eigenvalue weighted by molar-refractivity contribution is -0.116. The van der Waals surface area contributed by atoms with Gasteiger partial charge in [-0.05, 0) is 37.6 Å². The van der Waals surface area contributed by atoms with Crippen molar-refractivity contribution in [3.8, 4) is 0 Å². The van der Waals surface area contributed by atoms with Crippen molar-refractivity contribution in [3.63, 3.8) is 0 Å². The highest BCUT2D eigenvalue weighted by molar-refractivity contribution is 6.31. The van der Waals surface area contributed by atoms with E-state index in [4.69, 9.17) is 16.3 Å². The maximum Gasteiger partial charge on any atom is 0.225 e. The number of anilines is 1. The molecule has 0 aromatic heterocycles. The lowest BCUT2D eigenvalue weighted by Gasteiger charge is -2.09. The summed E-state index contributed by atoms with van der Waals surface area (Å²) in [6.07, 6.45) is 1.39. The fourth-order valence-corrected chi connectivity index (χ4v) is 1.80. The van der Waals surface area contributed by atoms with Crippen molar-refractivity contribution in [1.82, 2.24) is 5.32 Å². The predicted molar refractivity (Wildman–Crippen MR) is 78.8 cm³/mol. The minimum atomic E-state index is -0.00962. The van der Waals surface area contributed by atoms with Crippen molar-refractivity contribution in [2.24, 2.45) is 0 Å². The lowest BCUT2D eigenvalue weighted by atomic mass is 10.2. The first-order valence-electron chi connectivity index (χ1n) is 6.39. The van der Waals surface area contributed by atoms with Gasteiger partial charge >= 0.3 is 0 Å². The van der Waals surface area contributed by atoms with Crippen LogP contribution >= 0.6 is 11.6 Å². The normalized spacial score (nSPS) is 10.5. The Morgan fingerprint density at radius 2 is 2.16 bits per heavy atom. The molecule has 0 aliphatic carbocycles. The Balaban J connectivity index is 2.26. The Morgan fingerprint density at radius 3 is 2.89 bits per heavy atom. The molecule has 0 fully saturated rings. The van der Waals surface area contributed by atoms with E-state index in [1.165, 1.54) is 0 Å². The molecule has 1 aromatic carbocycles. The van der Waals surface area contributed by atoms with Gasteiger partial charge in [0.15, 0.2) is 0 Å². The topological polar surface area (TPSA) is 50.4 Å². The summed E-state index contributed by atoms with van der Waals surface area (Å²) in [7, 11) is 1.68. The number of halogens is 1. The number of carbonyl (C=O) groups is 1. The zero-order valence-corrected chi connectivity index (χ0v) is 12.2. The van der Waals surface area contributed by atoms with Crippen molar-refractivity contribution in [1.29, 1.82) is 0 Å². The summed E-state index contributed by atoms with van der Waals surface area (Å²) in [5, 5.41) is 6.72. The number of carbonyl (C=O) groups excluding carboxylic acids is 1. The molecule has 19 heavy (non-hydrogen) atoms. The minimum Gasteiger partial charge on any atom is -0.385 e. The number of amides is 1. The maximum atomic E-state index is 11.7. The van der Waals surface area contributed by atoms with E-state index < -0.39 is 0 Å². The second-order valence-electron chi connectivity index (χ2n) is 4.31.